The molecule has 0 unspecified atom stereocenters. The van der Waals surface area contributed by atoms with Gasteiger partial charge in [0.05, 0.1) is 11.9 Å². The number of nitrogens with zero attached hydrogens (tertiary/aromatic N) is 1. The van der Waals surface area contributed by atoms with Crippen LogP contribution in [0.5, 0.6) is 0 Å². The molecule has 8 heteroatoms. The number of rotatable bonds is 6. The van der Waals surface area contributed by atoms with Gasteiger partial charge >= 0.3 is 0 Å². The number of Topliss-reactive ketones (excluding diaryl/α,β-unsaturated/α-hetero) is 1. The fraction of sp³-hybridized carbons (Fsp3) is 0.176. The van der Waals surface area contributed by atoms with Gasteiger partial charge in [0.25, 0.3) is 0 Å². The van der Waals surface area contributed by atoms with Crippen LogP contribution in [0.4, 0.5) is 11.4 Å². The maximum atomic E-state index is 12.2. The molecule has 6 nitrogen and oxygen atoms in total. The molecule has 0 aromatic heterocycles. The third-order valence-corrected chi connectivity index (χ3v) is 4.73. The Bertz CT molecular complexity index is 895. The first-order chi connectivity index (χ1) is 11.7. The van der Waals surface area contributed by atoms with Crippen LogP contribution >= 0.6 is 11.6 Å². The molecule has 0 heterocycles. The molecule has 0 atom stereocenters. The van der Waals surface area contributed by atoms with Gasteiger partial charge in [-0.05, 0) is 49.4 Å². The van der Waals surface area contributed by atoms with Crippen LogP contribution in [-0.2, 0) is 14.8 Å². The number of carbonyl (C=O) groups is 2. The van der Waals surface area contributed by atoms with Gasteiger partial charge in [-0.2, -0.15) is 0 Å². The van der Waals surface area contributed by atoms with Crippen LogP contribution in [0.3, 0.4) is 0 Å². The maximum Gasteiger partial charge on any atom is 0.245 e. The molecule has 1 N–H and O–H groups in total. The van der Waals surface area contributed by atoms with Gasteiger partial charge in [0.1, 0.15) is 6.54 Å². The summed E-state index contributed by atoms with van der Waals surface area (Å²) in [7, 11) is -3.69. The average Bonchev–Trinajstić information content (AvgIpc) is 2.51. The van der Waals surface area contributed by atoms with Crippen molar-refractivity contribution in [2.24, 2.45) is 0 Å². The average molecular weight is 381 g/mol. The Morgan fingerprint density at radius 3 is 2.28 bits per heavy atom. The molecule has 2 rings (SSSR count). The van der Waals surface area contributed by atoms with Gasteiger partial charge in [0.2, 0.25) is 15.9 Å². The molecule has 2 aromatic carbocycles. The van der Waals surface area contributed by atoms with Gasteiger partial charge in [0.15, 0.2) is 5.78 Å². The maximum absolute atomic E-state index is 12.2. The van der Waals surface area contributed by atoms with Gasteiger partial charge in [-0.15, -0.1) is 0 Å². The lowest BCUT2D eigenvalue weighted by atomic mass is 10.1. The Kier molecular flexibility index (Phi) is 5.81. The summed E-state index contributed by atoms with van der Waals surface area (Å²) in [5.41, 5.74) is 1.23. The first kappa shape index (κ1) is 19.0. The van der Waals surface area contributed by atoms with Gasteiger partial charge in [0, 0.05) is 16.3 Å². The summed E-state index contributed by atoms with van der Waals surface area (Å²) in [6.07, 6.45) is 1.01. The van der Waals surface area contributed by atoms with E-state index in [4.69, 9.17) is 11.6 Å². The van der Waals surface area contributed by atoms with Crippen LogP contribution in [0.1, 0.15) is 17.3 Å². The van der Waals surface area contributed by atoms with Crippen LogP contribution in [-0.4, -0.2) is 32.9 Å². The molecular weight excluding hydrogens is 364 g/mol. The van der Waals surface area contributed by atoms with Gasteiger partial charge < -0.3 is 5.32 Å². The molecule has 0 fully saturated rings. The van der Waals surface area contributed by atoms with E-state index in [1.54, 1.807) is 24.3 Å². The van der Waals surface area contributed by atoms with E-state index in [0.29, 0.717) is 22.0 Å². The number of nitrogens with one attached hydrogen (secondary N) is 1. The van der Waals surface area contributed by atoms with E-state index in [-0.39, 0.29) is 5.78 Å². The second-order valence-corrected chi connectivity index (χ2v) is 7.77. The molecule has 132 valence electrons. The number of amides is 1. The summed E-state index contributed by atoms with van der Waals surface area (Å²) in [5.74, 6) is -0.639. The molecule has 25 heavy (non-hydrogen) atoms. The molecule has 0 radical (unpaired) electrons. The zero-order valence-electron chi connectivity index (χ0n) is 13.7. The quantitative estimate of drug-likeness (QED) is 0.781. The van der Waals surface area contributed by atoms with Crippen molar-refractivity contribution >= 4 is 44.7 Å². The Labute approximate surface area is 151 Å². The van der Waals surface area contributed by atoms with Gasteiger partial charge in [-0.1, -0.05) is 17.7 Å². The standard InChI is InChI=1S/C17H17ClN2O4S/c1-12(21)13-6-8-16(9-7-13)20(25(2,23)24)11-17(22)19-15-5-3-4-14(18)10-15/h3-10H,11H2,1-2H3,(H,19,22). The van der Waals surface area contributed by atoms with Crippen molar-refractivity contribution in [1.29, 1.82) is 0 Å². The molecule has 0 aliphatic heterocycles. The fourth-order valence-electron chi connectivity index (χ4n) is 2.16. The number of hydrogen-bond acceptors (Lipinski definition) is 4. The van der Waals surface area contributed by atoms with Crippen molar-refractivity contribution in [3.8, 4) is 0 Å². The largest absolute Gasteiger partial charge is 0.324 e. The second kappa shape index (κ2) is 7.67. The molecule has 0 saturated heterocycles. The third kappa shape index (κ3) is 5.30. The number of carbonyl (C=O) groups excluding carboxylic acids is 2. The van der Waals surface area contributed by atoms with Crippen LogP contribution in [0.2, 0.25) is 5.02 Å². The van der Waals surface area contributed by atoms with Crippen LogP contribution in [0.15, 0.2) is 48.5 Å². The second-order valence-electron chi connectivity index (χ2n) is 5.43. The summed E-state index contributed by atoms with van der Waals surface area (Å²) < 4.78 is 25.1. The number of sulfonamides is 1. The number of hydrogen-bond donors (Lipinski definition) is 1. The highest BCUT2D eigenvalue weighted by atomic mass is 35.5. The third-order valence-electron chi connectivity index (χ3n) is 3.36. The minimum absolute atomic E-state index is 0.129. The predicted molar refractivity (Wildman–Crippen MR) is 98.7 cm³/mol. The SMILES string of the molecule is CC(=O)c1ccc(N(CC(=O)Nc2cccc(Cl)c2)S(C)(=O)=O)cc1. The lowest BCUT2D eigenvalue weighted by Crippen LogP contribution is -2.37. The first-order valence-electron chi connectivity index (χ1n) is 7.31. The van der Waals surface area contributed by atoms with E-state index in [0.717, 1.165) is 10.6 Å². The highest BCUT2D eigenvalue weighted by Gasteiger charge is 2.21. The Hall–Kier alpha value is -2.38. The summed E-state index contributed by atoms with van der Waals surface area (Å²) in [6, 6.07) is 12.6. The first-order valence-corrected chi connectivity index (χ1v) is 9.53. The number of halogens is 1. The lowest BCUT2D eigenvalue weighted by molar-refractivity contribution is -0.114. The highest BCUT2D eigenvalue weighted by molar-refractivity contribution is 7.92. The smallest absolute Gasteiger partial charge is 0.245 e. The number of ketones is 1. The predicted octanol–water partition coefficient (Wildman–Crippen LogP) is 2.95. The molecule has 0 spiro atoms. The van der Waals surface area contributed by atoms with Crippen LogP contribution in [0.25, 0.3) is 0 Å². The molecule has 0 bridgehead atoms. The van der Waals surface area contributed by atoms with Crippen LogP contribution < -0.4 is 9.62 Å². The normalized spacial score (nSPS) is 11.0. The topological polar surface area (TPSA) is 83.6 Å². The molecule has 2 aromatic rings. The fourth-order valence-corrected chi connectivity index (χ4v) is 3.21. The molecule has 0 aliphatic carbocycles. The summed E-state index contributed by atoms with van der Waals surface area (Å²) in [5, 5.41) is 3.06. The number of benzene rings is 2. The number of anilines is 2. The van der Waals surface area contributed by atoms with Crippen molar-refractivity contribution in [2.45, 2.75) is 6.92 Å². The summed E-state index contributed by atoms with van der Waals surface area (Å²) in [4.78, 5) is 23.5. The molecular formula is C17H17ClN2O4S. The molecule has 0 saturated carbocycles. The van der Waals surface area contributed by atoms with Crippen molar-refractivity contribution in [3.05, 3.63) is 59.1 Å². The van der Waals surface area contributed by atoms with Gasteiger partial charge in [-0.25, -0.2) is 8.42 Å². The van der Waals surface area contributed by atoms with E-state index < -0.39 is 22.5 Å². The van der Waals surface area contributed by atoms with E-state index in [9.17, 15) is 18.0 Å². The highest BCUT2D eigenvalue weighted by Crippen LogP contribution is 2.19. The minimum atomic E-state index is -3.69. The van der Waals surface area contributed by atoms with Crippen molar-refractivity contribution in [2.75, 3.05) is 22.4 Å². The van der Waals surface area contributed by atoms with E-state index in [1.165, 1.54) is 31.2 Å². The minimum Gasteiger partial charge on any atom is -0.324 e. The summed E-state index contributed by atoms with van der Waals surface area (Å²) >= 11 is 5.86. The monoisotopic (exact) mass is 380 g/mol. The Morgan fingerprint density at radius 2 is 1.76 bits per heavy atom. The van der Waals surface area contributed by atoms with E-state index in [2.05, 4.69) is 5.32 Å². The molecule has 1 amide bonds. The van der Waals surface area contributed by atoms with Crippen molar-refractivity contribution in [1.82, 2.24) is 0 Å². The van der Waals surface area contributed by atoms with E-state index in [1.807, 2.05) is 0 Å². The van der Waals surface area contributed by atoms with Crippen molar-refractivity contribution < 1.29 is 18.0 Å². The Balaban J connectivity index is 2.20. The van der Waals surface area contributed by atoms with Gasteiger partial charge in [-0.3, -0.25) is 13.9 Å². The zero-order valence-corrected chi connectivity index (χ0v) is 15.3. The lowest BCUT2D eigenvalue weighted by Gasteiger charge is -2.22. The zero-order chi connectivity index (χ0) is 18.6. The Morgan fingerprint density at radius 1 is 1.12 bits per heavy atom. The van der Waals surface area contributed by atoms with E-state index >= 15 is 0 Å². The van der Waals surface area contributed by atoms with Crippen molar-refractivity contribution in [3.63, 3.8) is 0 Å². The van der Waals surface area contributed by atoms with Crippen LogP contribution in [0, 0.1) is 0 Å². The molecule has 0 aliphatic rings. The summed E-state index contributed by atoms with van der Waals surface area (Å²) in [6.45, 7) is 1.02.